The van der Waals surface area contributed by atoms with Gasteiger partial charge in [0.1, 0.15) is 5.84 Å². The molecule has 0 radical (unpaired) electrons. The third kappa shape index (κ3) is 7.01. The maximum absolute atomic E-state index is 13.9. The number of unbranched alkanes of at least 4 members (excludes halogenated alkanes) is 2. The van der Waals surface area contributed by atoms with Crippen molar-refractivity contribution in [3.63, 3.8) is 0 Å². The number of nitrogens with zero attached hydrogens (tertiary/aromatic N) is 2. The van der Waals surface area contributed by atoms with Crippen LogP contribution in [-0.2, 0) is 11.0 Å². The van der Waals surface area contributed by atoms with Crippen molar-refractivity contribution >= 4 is 34.2 Å². The van der Waals surface area contributed by atoms with E-state index < -0.39 is 11.0 Å². The van der Waals surface area contributed by atoms with Crippen molar-refractivity contribution in [3.05, 3.63) is 29.6 Å². The summed E-state index contributed by atoms with van der Waals surface area (Å²) in [7, 11) is -1.15. The van der Waals surface area contributed by atoms with Crippen LogP contribution in [0.4, 0.5) is 4.39 Å². The second kappa shape index (κ2) is 10.4. The molecule has 160 valence electrons. The van der Waals surface area contributed by atoms with Gasteiger partial charge in [0.15, 0.2) is 16.7 Å². The zero-order valence-corrected chi connectivity index (χ0v) is 18.4. The van der Waals surface area contributed by atoms with Crippen LogP contribution in [0.1, 0.15) is 50.6 Å². The van der Waals surface area contributed by atoms with Gasteiger partial charge in [-0.25, -0.2) is 18.3 Å². The van der Waals surface area contributed by atoms with Gasteiger partial charge in [0, 0.05) is 18.3 Å². The Morgan fingerprint density at radius 1 is 1.41 bits per heavy atom. The lowest BCUT2D eigenvalue weighted by Gasteiger charge is -2.17. The molecule has 3 N–H and O–H groups in total. The fourth-order valence-electron chi connectivity index (χ4n) is 3.10. The van der Waals surface area contributed by atoms with Crippen molar-refractivity contribution in [1.29, 1.82) is 0 Å². The van der Waals surface area contributed by atoms with E-state index >= 15 is 0 Å². The molecule has 0 saturated heterocycles. The lowest BCUT2D eigenvalue weighted by Crippen LogP contribution is -2.29. The first-order chi connectivity index (χ1) is 13.9. The van der Waals surface area contributed by atoms with E-state index in [4.69, 9.17) is 22.7 Å². The third-order valence-electron chi connectivity index (χ3n) is 5.06. The second-order valence-corrected chi connectivity index (χ2v) is 9.40. The molecule has 1 aliphatic heterocycles. The molecule has 1 saturated carbocycles. The van der Waals surface area contributed by atoms with E-state index in [-0.39, 0.29) is 17.6 Å². The number of aliphatic imine (C=N–C) groups is 1. The van der Waals surface area contributed by atoms with Crippen LogP contribution in [0.2, 0.25) is 0 Å². The molecule has 1 heterocycles. The maximum Gasteiger partial charge on any atom is 0.197 e. The summed E-state index contributed by atoms with van der Waals surface area (Å²) in [4.78, 5) is 6.04. The molecule has 0 bridgehead atoms. The fourth-order valence-corrected chi connectivity index (χ4v) is 4.48. The number of benzene rings is 1. The molecule has 1 aliphatic carbocycles. The number of nitrogens with one attached hydrogen (secondary N) is 1. The Balaban J connectivity index is 1.35. The predicted octanol–water partition coefficient (Wildman–Crippen LogP) is 3.06. The van der Waals surface area contributed by atoms with Crippen LogP contribution in [-0.4, -0.2) is 45.5 Å². The van der Waals surface area contributed by atoms with E-state index in [1.807, 2.05) is 11.8 Å². The standard InChI is InChI=1S/C20H29FN4O2S2/c1-14(16-7-8-17(21)18(11-16)27-13-15-5-6-15)24-29(26)10-4-2-3-9-25-12-19(22)23-20(25)28/h7-8,11,14-15,24H,2-6,9-10,12-13H2,1H3,(H2,22,23,28). The number of thiocarbonyl (C=S) groups is 1. The van der Waals surface area contributed by atoms with Gasteiger partial charge < -0.3 is 15.4 Å². The van der Waals surface area contributed by atoms with Crippen molar-refractivity contribution in [3.8, 4) is 5.75 Å². The monoisotopic (exact) mass is 440 g/mol. The van der Waals surface area contributed by atoms with Crippen LogP contribution in [0.25, 0.3) is 0 Å². The van der Waals surface area contributed by atoms with Crippen molar-refractivity contribution in [1.82, 2.24) is 9.62 Å². The van der Waals surface area contributed by atoms with Gasteiger partial charge in [-0.3, -0.25) is 0 Å². The Morgan fingerprint density at radius 3 is 2.90 bits per heavy atom. The largest absolute Gasteiger partial charge is 0.490 e. The molecule has 0 spiro atoms. The SMILES string of the molecule is CC(NS(=O)CCCCCN1CC(N)=NC1=S)c1ccc(F)c(OCC2CC2)c1. The van der Waals surface area contributed by atoms with Crippen molar-refractivity contribution in [2.24, 2.45) is 16.6 Å². The Bertz CT molecular complexity index is 786. The summed E-state index contributed by atoms with van der Waals surface area (Å²) < 4.78 is 35.0. The molecule has 2 unspecified atom stereocenters. The van der Waals surface area contributed by atoms with Crippen LogP contribution >= 0.6 is 12.2 Å². The molecule has 1 fully saturated rings. The molecule has 0 amide bonds. The Labute approximate surface area is 179 Å². The van der Waals surface area contributed by atoms with Gasteiger partial charge in [-0.1, -0.05) is 12.5 Å². The number of rotatable bonds is 12. The lowest BCUT2D eigenvalue weighted by molar-refractivity contribution is 0.285. The number of halogens is 1. The second-order valence-electron chi connectivity index (χ2n) is 7.70. The van der Waals surface area contributed by atoms with Crippen LogP contribution < -0.4 is 15.2 Å². The Hall–Kier alpha value is -1.58. The van der Waals surface area contributed by atoms with Crippen molar-refractivity contribution < 1.29 is 13.3 Å². The number of nitrogens with two attached hydrogens (primary N) is 1. The highest BCUT2D eigenvalue weighted by Crippen LogP contribution is 2.31. The average molecular weight is 441 g/mol. The summed E-state index contributed by atoms with van der Waals surface area (Å²) in [6, 6.07) is 4.68. The van der Waals surface area contributed by atoms with E-state index in [9.17, 15) is 8.60 Å². The summed E-state index contributed by atoms with van der Waals surface area (Å²) in [5, 5.41) is 0.557. The quantitative estimate of drug-likeness (QED) is 0.386. The molecular formula is C20H29FN4O2S2. The van der Waals surface area contributed by atoms with E-state index in [2.05, 4.69) is 9.71 Å². The molecular weight excluding hydrogens is 411 g/mol. The topological polar surface area (TPSA) is 80.0 Å². The fraction of sp³-hybridized carbons (Fsp3) is 0.600. The summed E-state index contributed by atoms with van der Waals surface area (Å²) in [5.41, 5.74) is 6.54. The number of ether oxygens (including phenoxy) is 1. The molecule has 9 heteroatoms. The number of hydrogen-bond acceptors (Lipinski definition) is 4. The van der Waals surface area contributed by atoms with Gasteiger partial charge in [-0.2, -0.15) is 0 Å². The minimum Gasteiger partial charge on any atom is -0.490 e. The van der Waals surface area contributed by atoms with Crippen LogP contribution in [0.5, 0.6) is 5.75 Å². The highest BCUT2D eigenvalue weighted by Gasteiger charge is 2.23. The van der Waals surface area contributed by atoms with Crippen molar-refractivity contribution in [2.45, 2.75) is 45.1 Å². The van der Waals surface area contributed by atoms with Crippen LogP contribution in [0, 0.1) is 11.7 Å². The minimum absolute atomic E-state index is 0.151. The molecule has 29 heavy (non-hydrogen) atoms. The molecule has 6 nitrogen and oxygen atoms in total. The highest BCUT2D eigenvalue weighted by molar-refractivity contribution is 7.83. The summed E-state index contributed by atoms with van der Waals surface area (Å²) in [5.74, 6) is 1.62. The van der Waals surface area contributed by atoms with E-state index in [0.29, 0.717) is 35.8 Å². The molecule has 0 aromatic heterocycles. The summed E-state index contributed by atoms with van der Waals surface area (Å²) >= 11 is 5.15. The molecule has 2 atom stereocenters. The molecule has 3 rings (SSSR count). The predicted molar refractivity (Wildman–Crippen MR) is 119 cm³/mol. The first-order valence-electron chi connectivity index (χ1n) is 10.1. The van der Waals surface area contributed by atoms with Crippen LogP contribution in [0.3, 0.4) is 0 Å². The minimum atomic E-state index is -1.15. The highest BCUT2D eigenvalue weighted by atomic mass is 32.2. The zero-order chi connectivity index (χ0) is 20.8. The van der Waals surface area contributed by atoms with Crippen LogP contribution in [0.15, 0.2) is 23.2 Å². The van der Waals surface area contributed by atoms with E-state index in [1.54, 1.807) is 12.1 Å². The molecule has 1 aromatic rings. The van der Waals surface area contributed by atoms with Gasteiger partial charge in [0.05, 0.1) is 24.1 Å². The van der Waals surface area contributed by atoms with Gasteiger partial charge in [0.2, 0.25) is 0 Å². The zero-order valence-electron chi connectivity index (χ0n) is 16.7. The Kier molecular flexibility index (Phi) is 7.97. The van der Waals surface area contributed by atoms with Gasteiger partial charge in [0.25, 0.3) is 0 Å². The third-order valence-corrected chi connectivity index (χ3v) is 6.68. The summed E-state index contributed by atoms with van der Waals surface area (Å²) in [6.07, 6.45) is 5.07. The number of amidine groups is 1. The average Bonchev–Trinajstić information content (AvgIpc) is 3.44. The lowest BCUT2D eigenvalue weighted by atomic mass is 10.1. The van der Waals surface area contributed by atoms with E-state index in [0.717, 1.165) is 44.2 Å². The smallest absolute Gasteiger partial charge is 0.197 e. The van der Waals surface area contributed by atoms with Crippen molar-refractivity contribution in [2.75, 3.05) is 25.4 Å². The molecule has 2 aliphatic rings. The molecule has 1 aromatic carbocycles. The normalized spacial score (nSPS) is 18.6. The first-order valence-corrected chi connectivity index (χ1v) is 11.8. The van der Waals surface area contributed by atoms with E-state index in [1.165, 1.54) is 6.07 Å². The number of hydrogen-bond donors (Lipinski definition) is 2. The van der Waals surface area contributed by atoms with Gasteiger partial charge >= 0.3 is 0 Å². The Morgan fingerprint density at radius 2 is 2.21 bits per heavy atom. The first kappa shape index (κ1) is 22.1. The van der Waals surface area contributed by atoms with Gasteiger partial charge in [-0.15, -0.1) is 0 Å². The summed E-state index contributed by atoms with van der Waals surface area (Å²) in [6.45, 7) is 3.91. The van der Waals surface area contributed by atoms with Gasteiger partial charge in [-0.05, 0) is 68.4 Å². The maximum atomic E-state index is 13.9.